The van der Waals surface area contributed by atoms with Crippen molar-refractivity contribution in [2.24, 2.45) is 0 Å². The van der Waals surface area contributed by atoms with Crippen molar-refractivity contribution in [2.45, 2.75) is 0 Å². The lowest BCUT2D eigenvalue weighted by Crippen LogP contribution is -1.94. The average molecular weight is 575 g/mol. The van der Waals surface area contributed by atoms with Crippen LogP contribution in [0.4, 0.5) is 0 Å². The third kappa shape index (κ3) is 4.21. The first kappa shape index (κ1) is 25.4. The molecule has 9 rings (SSSR count). The van der Waals surface area contributed by atoms with Crippen LogP contribution in [0.25, 0.3) is 88.5 Å². The molecule has 9 aromatic rings. The highest BCUT2D eigenvalue weighted by atomic mass is 16.3. The molecule has 210 valence electrons. The van der Waals surface area contributed by atoms with Crippen LogP contribution in [0.5, 0.6) is 0 Å². The van der Waals surface area contributed by atoms with Crippen LogP contribution in [0.2, 0.25) is 0 Å². The Morgan fingerprint density at radius 3 is 1.53 bits per heavy atom. The first-order chi connectivity index (χ1) is 22.3. The Morgan fingerprint density at radius 1 is 0.356 bits per heavy atom. The van der Waals surface area contributed by atoms with Gasteiger partial charge in [0, 0.05) is 21.9 Å². The minimum Gasteiger partial charge on any atom is -0.437 e. The highest BCUT2D eigenvalue weighted by Gasteiger charge is 2.22. The van der Waals surface area contributed by atoms with E-state index >= 15 is 0 Å². The van der Waals surface area contributed by atoms with Crippen molar-refractivity contribution in [2.75, 3.05) is 0 Å². The quantitative estimate of drug-likeness (QED) is 0.196. The van der Waals surface area contributed by atoms with Gasteiger partial charge in [0.15, 0.2) is 5.82 Å². The van der Waals surface area contributed by atoms with E-state index in [0.717, 1.165) is 55.1 Å². The molecule has 0 fully saturated rings. The van der Waals surface area contributed by atoms with Gasteiger partial charge >= 0.3 is 0 Å². The molecule has 0 radical (unpaired) electrons. The van der Waals surface area contributed by atoms with Crippen LogP contribution < -0.4 is 0 Å². The fourth-order valence-corrected chi connectivity index (χ4v) is 6.58. The van der Waals surface area contributed by atoms with E-state index in [1.165, 1.54) is 21.9 Å². The van der Waals surface area contributed by atoms with E-state index in [2.05, 4.69) is 146 Å². The molecule has 3 nitrogen and oxygen atoms in total. The van der Waals surface area contributed by atoms with Gasteiger partial charge in [-0.2, -0.15) is 4.98 Å². The predicted octanol–water partition coefficient (Wildman–Crippen LogP) is 11.4. The first-order valence-corrected chi connectivity index (χ1v) is 15.2. The summed E-state index contributed by atoms with van der Waals surface area (Å²) in [6, 6.07) is 55.0. The number of hydrogen-bond acceptors (Lipinski definition) is 3. The SMILES string of the molecule is c1ccc(-c2cccc(-c3cccc(-c4nc(-c5ccccc5)c5c(n4)oc4c6ccccc6c6ccccc6c45)c3)c2)cc1. The van der Waals surface area contributed by atoms with Gasteiger partial charge < -0.3 is 4.42 Å². The van der Waals surface area contributed by atoms with E-state index in [4.69, 9.17) is 14.4 Å². The van der Waals surface area contributed by atoms with Crippen LogP contribution in [0.1, 0.15) is 0 Å². The van der Waals surface area contributed by atoms with Gasteiger partial charge in [-0.3, -0.25) is 0 Å². The first-order valence-electron chi connectivity index (χ1n) is 15.2. The molecule has 0 saturated carbocycles. The third-order valence-corrected chi connectivity index (χ3v) is 8.68. The van der Waals surface area contributed by atoms with Crippen molar-refractivity contribution in [1.82, 2.24) is 9.97 Å². The summed E-state index contributed by atoms with van der Waals surface area (Å²) in [6.07, 6.45) is 0. The molecule has 0 spiro atoms. The second-order valence-corrected chi connectivity index (χ2v) is 11.4. The molecule has 0 bridgehead atoms. The predicted molar refractivity (Wildman–Crippen MR) is 186 cm³/mol. The maximum atomic E-state index is 6.73. The molecule has 2 heterocycles. The Morgan fingerprint density at radius 2 is 0.844 bits per heavy atom. The number of nitrogens with zero attached hydrogens (tertiary/aromatic N) is 2. The molecule has 0 N–H and O–H groups in total. The van der Waals surface area contributed by atoms with E-state index in [1.807, 2.05) is 12.1 Å². The fourth-order valence-electron chi connectivity index (χ4n) is 6.58. The van der Waals surface area contributed by atoms with Gasteiger partial charge in [-0.1, -0.05) is 146 Å². The molecule has 45 heavy (non-hydrogen) atoms. The Kier molecular flexibility index (Phi) is 5.82. The summed E-state index contributed by atoms with van der Waals surface area (Å²) in [7, 11) is 0. The van der Waals surface area contributed by atoms with Gasteiger partial charge in [-0.15, -0.1) is 0 Å². The highest BCUT2D eigenvalue weighted by Crippen LogP contribution is 2.44. The molecule has 0 aliphatic heterocycles. The normalized spacial score (nSPS) is 11.6. The van der Waals surface area contributed by atoms with Crippen LogP contribution in [0.3, 0.4) is 0 Å². The molecule has 7 aromatic carbocycles. The molecule has 0 aliphatic carbocycles. The van der Waals surface area contributed by atoms with Gasteiger partial charge in [-0.05, 0) is 50.5 Å². The Hall–Kier alpha value is -6.06. The molecular formula is C42H26N2O. The minimum absolute atomic E-state index is 0.590. The van der Waals surface area contributed by atoms with Crippen molar-refractivity contribution in [3.05, 3.63) is 158 Å². The highest BCUT2D eigenvalue weighted by molar-refractivity contribution is 6.31. The van der Waals surface area contributed by atoms with Crippen molar-refractivity contribution in [3.8, 4) is 44.9 Å². The van der Waals surface area contributed by atoms with Crippen LogP contribution in [-0.2, 0) is 0 Å². The fraction of sp³-hybridized carbons (Fsp3) is 0. The van der Waals surface area contributed by atoms with E-state index < -0.39 is 0 Å². The largest absolute Gasteiger partial charge is 0.437 e. The third-order valence-electron chi connectivity index (χ3n) is 8.68. The number of benzene rings is 7. The summed E-state index contributed by atoms with van der Waals surface area (Å²) in [4.78, 5) is 10.4. The van der Waals surface area contributed by atoms with Gasteiger partial charge in [0.2, 0.25) is 5.71 Å². The molecule has 0 amide bonds. The molecule has 0 atom stereocenters. The Bertz CT molecular complexity index is 2530. The Labute approximate surface area is 260 Å². The van der Waals surface area contributed by atoms with Crippen molar-refractivity contribution >= 4 is 43.6 Å². The van der Waals surface area contributed by atoms with Gasteiger partial charge in [0.1, 0.15) is 5.58 Å². The van der Waals surface area contributed by atoms with E-state index in [1.54, 1.807) is 0 Å². The summed E-state index contributed by atoms with van der Waals surface area (Å²) in [6.45, 7) is 0. The lowest BCUT2D eigenvalue weighted by molar-refractivity contribution is 0.657. The molecule has 0 unspecified atom stereocenters. The molecular weight excluding hydrogens is 548 g/mol. The van der Waals surface area contributed by atoms with Crippen LogP contribution in [-0.4, -0.2) is 9.97 Å². The second-order valence-electron chi connectivity index (χ2n) is 11.4. The topological polar surface area (TPSA) is 38.9 Å². The van der Waals surface area contributed by atoms with E-state index in [-0.39, 0.29) is 0 Å². The number of rotatable bonds is 4. The summed E-state index contributed by atoms with van der Waals surface area (Å²) in [5, 5.41) is 6.56. The molecule has 0 saturated heterocycles. The minimum atomic E-state index is 0.590. The molecule has 2 aromatic heterocycles. The maximum absolute atomic E-state index is 6.73. The molecule has 0 aliphatic rings. The maximum Gasteiger partial charge on any atom is 0.231 e. The van der Waals surface area contributed by atoms with Gasteiger partial charge in [0.25, 0.3) is 0 Å². The zero-order valence-corrected chi connectivity index (χ0v) is 24.3. The summed E-state index contributed by atoms with van der Waals surface area (Å²) < 4.78 is 6.73. The van der Waals surface area contributed by atoms with Crippen molar-refractivity contribution in [3.63, 3.8) is 0 Å². The van der Waals surface area contributed by atoms with Crippen LogP contribution >= 0.6 is 0 Å². The van der Waals surface area contributed by atoms with E-state index in [0.29, 0.717) is 11.5 Å². The van der Waals surface area contributed by atoms with Gasteiger partial charge in [-0.25, -0.2) is 4.98 Å². The smallest absolute Gasteiger partial charge is 0.231 e. The summed E-state index contributed by atoms with van der Waals surface area (Å²) >= 11 is 0. The lowest BCUT2D eigenvalue weighted by Gasteiger charge is -2.10. The number of aromatic nitrogens is 2. The van der Waals surface area contributed by atoms with Crippen LogP contribution in [0.15, 0.2) is 162 Å². The number of fused-ring (bicyclic) bond motifs is 8. The zero-order chi connectivity index (χ0) is 29.7. The van der Waals surface area contributed by atoms with Crippen molar-refractivity contribution < 1.29 is 4.42 Å². The van der Waals surface area contributed by atoms with E-state index in [9.17, 15) is 0 Å². The lowest BCUT2D eigenvalue weighted by atomic mass is 9.96. The molecule has 3 heteroatoms. The van der Waals surface area contributed by atoms with Crippen molar-refractivity contribution in [1.29, 1.82) is 0 Å². The number of hydrogen-bond donors (Lipinski definition) is 0. The zero-order valence-electron chi connectivity index (χ0n) is 24.3. The van der Waals surface area contributed by atoms with Gasteiger partial charge in [0.05, 0.1) is 11.1 Å². The van der Waals surface area contributed by atoms with Crippen LogP contribution in [0, 0.1) is 0 Å². The average Bonchev–Trinajstić information content (AvgIpc) is 3.52. The number of furan rings is 1. The Balaban J connectivity index is 1.29. The summed E-state index contributed by atoms with van der Waals surface area (Å²) in [5.74, 6) is 0.634. The standard InChI is InChI=1S/C42H26N2O/c1-3-13-27(14-4-1)29-17-11-18-30(25-29)31-19-12-20-32(26-31)41-43-39(28-15-5-2-6-16-28)38-37-35-23-9-7-21-33(35)34-22-8-10-24-36(34)40(37)45-42(38)44-41/h1-26H. The second kappa shape index (κ2) is 10.3. The summed E-state index contributed by atoms with van der Waals surface area (Å²) in [5.41, 5.74) is 8.89. The monoisotopic (exact) mass is 574 g/mol.